The molecular weight excluding hydrogens is 374 g/mol. The smallest absolute Gasteiger partial charge is 0.316 e. The zero-order chi connectivity index (χ0) is 19.9. The van der Waals surface area contributed by atoms with Crippen LogP contribution in [-0.2, 0) is 6.42 Å². The molecule has 2 aromatic carbocycles. The molecule has 0 spiro atoms. The molecule has 0 aliphatic rings. The van der Waals surface area contributed by atoms with E-state index in [9.17, 15) is 4.79 Å². The number of rotatable bonds is 7. The standard InChI is InChI=1S/C22H22ClN3O2/c1-15-19(21(27)24-13-7-10-16-8-4-3-5-9-16)20(26-22(25-15)28-2)17-11-6-12-18(23)14-17/h3-6,8-9,11-12,14H,7,10,13H2,1-2H3,(H,24,27). The third-order valence-electron chi connectivity index (χ3n) is 4.35. The first-order valence-electron chi connectivity index (χ1n) is 9.09. The van der Waals surface area contributed by atoms with Gasteiger partial charge in [0.25, 0.3) is 5.91 Å². The van der Waals surface area contributed by atoms with Gasteiger partial charge >= 0.3 is 6.01 Å². The van der Waals surface area contributed by atoms with Crippen LogP contribution in [0.3, 0.4) is 0 Å². The summed E-state index contributed by atoms with van der Waals surface area (Å²) in [5.74, 6) is -0.205. The van der Waals surface area contributed by atoms with Crippen molar-refractivity contribution >= 4 is 17.5 Å². The van der Waals surface area contributed by atoms with Gasteiger partial charge in [0.05, 0.1) is 24.1 Å². The van der Waals surface area contributed by atoms with Crippen molar-refractivity contribution in [3.05, 3.63) is 76.4 Å². The first-order chi connectivity index (χ1) is 13.6. The van der Waals surface area contributed by atoms with Gasteiger partial charge < -0.3 is 10.1 Å². The molecule has 0 unspecified atom stereocenters. The summed E-state index contributed by atoms with van der Waals surface area (Å²) in [6, 6.07) is 17.6. The molecule has 144 valence electrons. The minimum Gasteiger partial charge on any atom is -0.467 e. The zero-order valence-electron chi connectivity index (χ0n) is 15.9. The van der Waals surface area contributed by atoms with Gasteiger partial charge in [-0.2, -0.15) is 9.97 Å². The van der Waals surface area contributed by atoms with Gasteiger partial charge in [0.1, 0.15) is 0 Å². The molecule has 1 N–H and O–H groups in total. The third-order valence-corrected chi connectivity index (χ3v) is 4.58. The lowest BCUT2D eigenvalue weighted by Gasteiger charge is -2.13. The van der Waals surface area contributed by atoms with Crippen molar-refractivity contribution in [1.29, 1.82) is 0 Å². The van der Waals surface area contributed by atoms with Gasteiger partial charge in [0.2, 0.25) is 0 Å². The molecule has 1 amide bonds. The lowest BCUT2D eigenvalue weighted by Crippen LogP contribution is -2.27. The summed E-state index contributed by atoms with van der Waals surface area (Å²) in [6.07, 6.45) is 1.75. The minimum absolute atomic E-state index is 0.205. The van der Waals surface area contributed by atoms with Crippen LogP contribution in [0.5, 0.6) is 6.01 Å². The number of nitrogens with zero attached hydrogens (tertiary/aromatic N) is 2. The third kappa shape index (κ3) is 4.87. The largest absolute Gasteiger partial charge is 0.467 e. The molecule has 0 bridgehead atoms. The highest BCUT2D eigenvalue weighted by Crippen LogP contribution is 2.27. The molecule has 5 nitrogen and oxygen atoms in total. The summed E-state index contributed by atoms with van der Waals surface area (Å²) in [7, 11) is 1.50. The molecule has 28 heavy (non-hydrogen) atoms. The Morgan fingerprint density at radius 3 is 2.61 bits per heavy atom. The molecule has 0 fully saturated rings. The quantitative estimate of drug-likeness (QED) is 0.599. The van der Waals surface area contributed by atoms with Crippen LogP contribution in [0.15, 0.2) is 54.6 Å². The predicted octanol–water partition coefficient (Wildman–Crippen LogP) is 4.48. The van der Waals surface area contributed by atoms with Crippen molar-refractivity contribution < 1.29 is 9.53 Å². The van der Waals surface area contributed by atoms with Gasteiger partial charge in [-0.1, -0.05) is 54.1 Å². The first-order valence-corrected chi connectivity index (χ1v) is 9.47. The highest BCUT2D eigenvalue weighted by atomic mass is 35.5. The Kier molecular flexibility index (Phi) is 6.61. The van der Waals surface area contributed by atoms with E-state index < -0.39 is 0 Å². The molecule has 1 heterocycles. The van der Waals surface area contributed by atoms with Crippen LogP contribution in [0.25, 0.3) is 11.3 Å². The maximum absolute atomic E-state index is 12.9. The molecule has 0 saturated heterocycles. The number of methoxy groups -OCH3 is 1. The number of halogens is 1. The van der Waals surface area contributed by atoms with Crippen LogP contribution in [0.2, 0.25) is 5.02 Å². The molecule has 0 atom stereocenters. The maximum Gasteiger partial charge on any atom is 0.316 e. The molecule has 0 radical (unpaired) electrons. The monoisotopic (exact) mass is 395 g/mol. The van der Waals surface area contributed by atoms with E-state index in [-0.39, 0.29) is 11.9 Å². The minimum atomic E-state index is -0.205. The number of carbonyl (C=O) groups excluding carboxylic acids is 1. The Morgan fingerprint density at radius 1 is 1.11 bits per heavy atom. The van der Waals surface area contributed by atoms with Crippen molar-refractivity contribution in [3.8, 4) is 17.3 Å². The Hall–Kier alpha value is -2.92. The Bertz CT molecular complexity index is 961. The van der Waals surface area contributed by atoms with E-state index in [2.05, 4.69) is 27.4 Å². The second-order valence-corrected chi connectivity index (χ2v) is 6.81. The summed E-state index contributed by atoms with van der Waals surface area (Å²) >= 11 is 6.13. The summed E-state index contributed by atoms with van der Waals surface area (Å²) in [5.41, 5.74) is 3.49. The molecule has 6 heteroatoms. The lowest BCUT2D eigenvalue weighted by molar-refractivity contribution is 0.0952. The number of hydrogen-bond acceptors (Lipinski definition) is 4. The summed E-state index contributed by atoms with van der Waals surface area (Å²) in [6.45, 7) is 2.34. The van der Waals surface area contributed by atoms with Crippen LogP contribution in [-0.4, -0.2) is 29.5 Å². The second kappa shape index (κ2) is 9.33. The number of aryl methyl sites for hydroxylation is 2. The molecule has 0 aliphatic heterocycles. The lowest BCUT2D eigenvalue weighted by atomic mass is 10.0. The van der Waals surface area contributed by atoms with Gasteiger partial charge in [-0.05, 0) is 37.5 Å². The van der Waals surface area contributed by atoms with Crippen molar-refractivity contribution in [3.63, 3.8) is 0 Å². The van der Waals surface area contributed by atoms with E-state index in [1.807, 2.05) is 30.3 Å². The van der Waals surface area contributed by atoms with Gasteiger partial charge in [-0.15, -0.1) is 0 Å². The fourth-order valence-electron chi connectivity index (χ4n) is 2.98. The Labute approximate surface area is 169 Å². The van der Waals surface area contributed by atoms with E-state index in [0.29, 0.717) is 28.5 Å². The fraction of sp³-hybridized carbons (Fsp3) is 0.227. The molecule has 0 aliphatic carbocycles. The van der Waals surface area contributed by atoms with Crippen LogP contribution in [0.1, 0.15) is 28.0 Å². The SMILES string of the molecule is COc1nc(C)c(C(=O)NCCCc2ccccc2)c(-c2cccc(Cl)c2)n1. The van der Waals surface area contributed by atoms with Crippen LogP contribution < -0.4 is 10.1 Å². The van der Waals surface area contributed by atoms with Crippen LogP contribution in [0.4, 0.5) is 0 Å². The summed E-state index contributed by atoms with van der Waals surface area (Å²) in [5, 5.41) is 3.55. The number of benzene rings is 2. The van der Waals surface area contributed by atoms with E-state index in [1.165, 1.54) is 12.7 Å². The van der Waals surface area contributed by atoms with Gasteiger partial charge in [0.15, 0.2) is 0 Å². The van der Waals surface area contributed by atoms with E-state index in [1.54, 1.807) is 19.1 Å². The zero-order valence-corrected chi connectivity index (χ0v) is 16.7. The number of carbonyl (C=O) groups is 1. The van der Waals surface area contributed by atoms with Gasteiger partial charge in [-0.3, -0.25) is 4.79 Å². The van der Waals surface area contributed by atoms with Gasteiger partial charge in [0, 0.05) is 17.1 Å². The first kappa shape index (κ1) is 19.8. The molecule has 1 aromatic heterocycles. The summed E-state index contributed by atoms with van der Waals surface area (Å²) < 4.78 is 5.18. The number of aromatic nitrogens is 2. The molecular formula is C22H22ClN3O2. The highest BCUT2D eigenvalue weighted by molar-refractivity contribution is 6.30. The maximum atomic E-state index is 12.9. The number of hydrogen-bond donors (Lipinski definition) is 1. The average Bonchev–Trinajstić information content (AvgIpc) is 2.71. The van der Waals surface area contributed by atoms with Crippen LogP contribution in [0, 0.1) is 6.92 Å². The van der Waals surface area contributed by atoms with E-state index in [0.717, 1.165) is 18.4 Å². The Balaban J connectivity index is 1.78. The Morgan fingerprint density at radius 2 is 1.89 bits per heavy atom. The molecule has 3 rings (SSSR count). The molecule has 3 aromatic rings. The summed E-state index contributed by atoms with van der Waals surface area (Å²) in [4.78, 5) is 21.6. The van der Waals surface area contributed by atoms with Crippen molar-refractivity contribution in [2.45, 2.75) is 19.8 Å². The van der Waals surface area contributed by atoms with Crippen molar-refractivity contribution in [2.24, 2.45) is 0 Å². The number of nitrogens with one attached hydrogen (secondary N) is 1. The van der Waals surface area contributed by atoms with E-state index >= 15 is 0 Å². The predicted molar refractivity (Wildman–Crippen MR) is 111 cm³/mol. The van der Waals surface area contributed by atoms with Crippen molar-refractivity contribution in [1.82, 2.24) is 15.3 Å². The van der Waals surface area contributed by atoms with E-state index in [4.69, 9.17) is 16.3 Å². The number of amides is 1. The second-order valence-electron chi connectivity index (χ2n) is 6.37. The normalized spacial score (nSPS) is 10.5. The topological polar surface area (TPSA) is 64.1 Å². The van der Waals surface area contributed by atoms with Crippen molar-refractivity contribution in [2.75, 3.05) is 13.7 Å². The highest BCUT2D eigenvalue weighted by Gasteiger charge is 2.20. The fourth-order valence-corrected chi connectivity index (χ4v) is 3.17. The number of ether oxygens (including phenoxy) is 1. The molecule has 0 saturated carbocycles. The van der Waals surface area contributed by atoms with Gasteiger partial charge in [-0.25, -0.2) is 0 Å². The van der Waals surface area contributed by atoms with Crippen LogP contribution >= 0.6 is 11.6 Å². The average molecular weight is 396 g/mol.